The molecule has 0 aliphatic carbocycles. The zero-order valence-corrected chi connectivity index (χ0v) is 10.6. The van der Waals surface area contributed by atoms with Gasteiger partial charge in [0.1, 0.15) is 0 Å². The van der Waals surface area contributed by atoms with Crippen molar-refractivity contribution in [1.82, 2.24) is 5.32 Å². The predicted octanol–water partition coefficient (Wildman–Crippen LogP) is -0.686. The molecule has 0 amide bonds. The van der Waals surface area contributed by atoms with Crippen LogP contribution in [0.25, 0.3) is 10.8 Å². The zero-order chi connectivity index (χ0) is 11.4. The molecular weight excluding hydrogens is 234 g/mol. The molecule has 2 aromatic carbocycles. The van der Waals surface area contributed by atoms with Gasteiger partial charge in [0.05, 0.1) is 6.10 Å². The number of aliphatic hydroxyl groups is 1. The molecule has 0 fully saturated rings. The van der Waals surface area contributed by atoms with Gasteiger partial charge in [0.25, 0.3) is 0 Å². The quantitative estimate of drug-likeness (QED) is 0.753. The van der Waals surface area contributed by atoms with Crippen LogP contribution in [0.2, 0.25) is 0 Å². The highest BCUT2D eigenvalue weighted by Crippen LogP contribution is 2.17. The molecular formula is C14H17ClNO-. The number of aliphatic hydroxyl groups excluding tert-OH is 1. The summed E-state index contributed by atoms with van der Waals surface area (Å²) in [5, 5.41) is 15.0. The first-order valence-electron chi connectivity index (χ1n) is 5.63. The molecule has 0 aromatic heterocycles. The van der Waals surface area contributed by atoms with Gasteiger partial charge in [0.15, 0.2) is 0 Å². The van der Waals surface area contributed by atoms with Crippen LogP contribution in [0.4, 0.5) is 0 Å². The maximum absolute atomic E-state index is 9.18. The first kappa shape index (κ1) is 14.0. The molecule has 2 nitrogen and oxygen atoms in total. The second kappa shape index (κ2) is 6.60. The van der Waals surface area contributed by atoms with E-state index in [4.69, 9.17) is 0 Å². The molecule has 0 radical (unpaired) electrons. The smallest absolute Gasteiger partial charge is 0.0636 e. The van der Waals surface area contributed by atoms with Crippen molar-refractivity contribution in [2.45, 2.75) is 19.6 Å². The Morgan fingerprint density at radius 3 is 2.59 bits per heavy atom. The summed E-state index contributed by atoms with van der Waals surface area (Å²) >= 11 is 0. The molecule has 0 bridgehead atoms. The van der Waals surface area contributed by atoms with E-state index in [9.17, 15) is 5.11 Å². The molecule has 0 aliphatic heterocycles. The van der Waals surface area contributed by atoms with E-state index < -0.39 is 0 Å². The van der Waals surface area contributed by atoms with Gasteiger partial charge in [-0.15, -0.1) is 0 Å². The molecule has 92 valence electrons. The van der Waals surface area contributed by atoms with E-state index in [2.05, 4.69) is 47.8 Å². The lowest BCUT2D eigenvalue weighted by Gasteiger charge is -2.09. The summed E-state index contributed by atoms with van der Waals surface area (Å²) in [7, 11) is 0. The molecule has 0 saturated heterocycles. The number of rotatable bonds is 4. The Kier molecular flexibility index (Phi) is 5.42. The maximum Gasteiger partial charge on any atom is 0.0636 e. The minimum absolute atomic E-state index is 0. The van der Waals surface area contributed by atoms with Crippen LogP contribution in [0.15, 0.2) is 42.5 Å². The number of nitrogens with one attached hydrogen (secondary N) is 1. The van der Waals surface area contributed by atoms with E-state index in [-0.39, 0.29) is 18.5 Å². The summed E-state index contributed by atoms with van der Waals surface area (Å²) < 4.78 is 0. The molecule has 0 saturated carbocycles. The van der Waals surface area contributed by atoms with Crippen LogP contribution in [0, 0.1) is 0 Å². The van der Waals surface area contributed by atoms with E-state index in [0.717, 1.165) is 6.54 Å². The van der Waals surface area contributed by atoms with Crippen molar-refractivity contribution in [3.8, 4) is 0 Å². The van der Waals surface area contributed by atoms with Crippen molar-refractivity contribution >= 4 is 10.8 Å². The van der Waals surface area contributed by atoms with Crippen LogP contribution in [-0.2, 0) is 6.54 Å². The average molecular weight is 251 g/mol. The van der Waals surface area contributed by atoms with Gasteiger partial charge >= 0.3 is 0 Å². The molecule has 0 heterocycles. The zero-order valence-electron chi connectivity index (χ0n) is 9.86. The third kappa shape index (κ3) is 3.70. The monoisotopic (exact) mass is 250 g/mol. The van der Waals surface area contributed by atoms with Crippen molar-refractivity contribution in [3.05, 3.63) is 48.0 Å². The molecule has 0 aliphatic rings. The fourth-order valence-corrected chi connectivity index (χ4v) is 1.86. The van der Waals surface area contributed by atoms with Gasteiger partial charge in [-0.2, -0.15) is 0 Å². The number of hydrogen-bond donors (Lipinski definition) is 2. The van der Waals surface area contributed by atoms with Crippen molar-refractivity contribution in [1.29, 1.82) is 0 Å². The van der Waals surface area contributed by atoms with Gasteiger partial charge < -0.3 is 22.8 Å². The van der Waals surface area contributed by atoms with Gasteiger partial charge in [0, 0.05) is 13.1 Å². The molecule has 3 heteroatoms. The lowest BCUT2D eigenvalue weighted by molar-refractivity contribution is -0.00000544. The van der Waals surface area contributed by atoms with Crippen molar-refractivity contribution in [3.63, 3.8) is 0 Å². The molecule has 1 unspecified atom stereocenters. The number of fused-ring (bicyclic) bond motifs is 1. The van der Waals surface area contributed by atoms with Gasteiger partial charge in [-0.05, 0) is 23.3 Å². The Bertz CT molecular complexity index is 465. The Morgan fingerprint density at radius 2 is 1.82 bits per heavy atom. The lowest BCUT2D eigenvalue weighted by Crippen LogP contribution is -3.00. The summed E-state index contributed by atoms with van der Waals surface area (Å²) in [6.07, 6.45) is -0.296. The number of hydrogen-bond acceptors (Lipinski definition) is 2. The Morgan fingerprint density at radius 1 is 1.12 bits per heavy atom. The van der Waals surface area contributed by atoms with Crippen molar-refractivity contribution in [2.24, 2.45) is 0 Å². The van der Waals surface area contributed by atoms with Crippen LogP contribution in [0.1, 0.15) is 12.5 Å². The van der Waals surface area contributed by atoms with E-state index >= 15 is 0 Å². The SMILES string of the molecule is CC(O)CNCc1cccc2ccccc12.[Cl-]. The summed E-state index contributed by atoms with van der Waals surface area (Å²) in [6, 6.07) is 14.7. The Labute approximate surface area is 108 Å². The second-order valence-corrected chi connectivity index (χ2v) is 4.12. The van der Waals surface area contributed by atoms with Crippen molar-refractivity contribution in [2.75, 3.05) is 6.54 Å². The molecule has 2 N–H and O–H groups in total. The van der Waals surface area contributed by atoms with Gasteiger partial charge in [-0.1, -0.05) is 42.5 Å². The Hall–Kier alpha value is -1.09. The molecule has 1 atom stereocenters. The largest absolute Gasteiger partial charge is 1.00 e. The van der Waals surface area contributed by atoms with Crippen LogP contribution >= 0.6 is 0 Å². The highest BCUT2D eigenvalue weighted by atomic mass is 35.5. The second-order valence-electron chi connectivity index (χ2n) is 4.12. The van der Waals surface area contributed by atoms with Gasteiger partial charge in [-0.3, -0.25) is 0 Å². The van der Waals surface area contributed by atoms with Crippen LogP contribution < -0.4 is 17.7 Å². The molecule has 2 rings (SSSR count). The topological polar surface area (TPSA) is 32.3 Å². The molecule has 17 heavy (non-hydrogen) atoms. The standard InChI is InChI=1S/C14H17NO.ClH/c1-11(16)9-15-10-13-7-4-6-12-5-2-3-8-14(12)13;/h2-8,11,15-16H,9-10H2,1H3;1H/p-1. The Balaban J connectivity index is 0.00000144. The third-order valence-electron chi connectivity index (χ3n) is 2.64. The molecule has 0 spiro atoms. The fourth-order valence-electron chi connectivity index (χ4n) is 1.86. The normalized spacial score (nSPS) is 12.1. The van der Waals surface area contributed by atoms with Gasteiger partial charge in [-0.25, -0.2) is 0 Å². The van der Waals surface area contributed by atoms with Gasteiger partial charge in [0.2, 0.25) is 0 Å². The molecule has 2 aromatic rings. The van der Waals surface area contributed by atoms with E-state index in [1.165, 1.54) is 16.3 Å². The van der Waals surface area contributed by atoms with E-state index in [1.54, 1.807) is 6.92 Å². The highest BCUT2D eigenvalue weighted by Gasteiger charge is 2.00. The summed E-state index contributed by atoms with van der Waals surface area (Å²) in [5.74, 6) is 0. The summed E-state index contributed by atoms with van der Waals surface area (Å²) in [6.45, 7) is 3.21. The lowest BCUT2D eigenvalue weighted by atomic mass is 10.0. The third-order valence-corrected chi connectivity index (χ3v) is 2.64. The summed E-state index contributed by atoms with van der Waals surface area (Å²) in [4.78, 5) is 0. The van der Waals surface area contributed by atoms with Crippen LogP contribution in [0.3, 0.4) is 0 Å². The number of halogens is 1. The fraction of sp³-hybridized carbons (Fsp3) is 0.286. The van der Waals surface area contributed by atoms with E-state index in [1.807, 2.05) is 0 Å². The van der Waals surface area contributed by atoms with Crippen LogP contribution in [-0.4, -0.2) is 17.8 Å². The maximum atomic E-state index is 9.18. The van der Waals surface area contributed by atoms with Crippen molar-refractivity contribution < 1.29 is 17.5 Å². The minimum atomic E-state index is -0.296. The highest BCUT2D eigenvalue weighted by molar-refractivity contribution is 5.85. The van der Waals surface area contributed by atoms with Crippen LogP contribution in [0.5, 0.6) is 0 Å². The number of benzene rings is 2. The predicted molar refractivity (Wildman–Crippen MR) is 67.3 cm³/mol. The first-order valence-corrected chi connectivity index (χ1v) is 5.63. The first-order chi connectivity index (χ1) is 7.77. The average Bonchev–Trinajstić information content (AvgIpc) is 2.29. The van der Waals surface area contributed by atoms with E-state index in [0.29, 0.717) is 6.54 Å². The summed E-state index contributed by atoms with van der Waals surface area (Å²) in [5.41, 5.74) is 1.28. The minimum Gasteiger partial charge on any atom is -1.00 e.